The molecule has 0 amide bonds. The van der Waals surface area contributed by atoms with Crippen molar-refractivity contribution >= 4 is 10.9 Å². The van der Waals surface area contributed by atoms with Crippen LogP contribution in [0.15, 0.2) is 85.1 Å². The molecule has 0 fully saturated rings. The monoisotopic (exact) mass is 444 g/mol. The molecule has 170 valence electrons. The average Bonchev–Trinajstić information content (AvgIpc) is 2.87. The van der Waals surface area contributed by atoms with Crippen LogP contribution in [0.4, 0.5) is 0 Å². The van der Waals surface area contributed by atoms with E-state index in [0.29, 0.717) is 6.54 Å². The summed E-state index contributed by atoms with van der Waals surface area (Å²) < 4.78 is 16.9. The first-order valence-corrected chi connectivity index (χ1v) is 11.0. The summed E-state index contributed by atoms with van der Waals surface area (Å²) >= 11 is 0. The second-order valence-corrected chi connectivity index (χ2v) is 7.67. The summed E-state index contributed by atoms with van der Waals surface area (Å²) in [5.41, 5.74) is 2.01. The third-order valence-electron chi connectivity index (χ3n) is 5.22. The van der Waals surface area contributed by atoms with Gasteiger partial charge in [-0.1, -0.05) is 30.3 Å². The van der Waals surface area contributed by atoms with Gasteiger partial charge in [-0.15, -0.1) is 0 Å². The van der Waals surface area contributed by atoms with E-state index in [9.17, 15) is 5.11 Å². The standard InChI is InChI=1S/C27H28N2O4/c1-31-24-11-12-25-26(17-24)29-16-14-27(25)33-23-9-7-20(8-10-23)13-15-28-18-21(30)19-32-22-5-3-2-4-6-22/h2-12,14,16-17,21,28,30H,13,15,18-19H2,1H3/t21-/m0/s1. The summed E-state index contributed by atoms with van der Waals surface area (Å²) in [6.07, 6.45) is 2.03. The molecular formula is C27H28N2O4. The lowest BCUT2D eigenvalue weighted by molar-refractivity contribution is 0.106. The Kier molecular flexibility index (Phi) is 7.74. The van der Waals surface area contributed by atoms with Gasteiger partial charge in [0.2, 0.25) is 0 Å². The Bertz CT molecular complexity index is 1150. The maximum absolute atomic E-state index is 10.1. The molecule has 6 heteroatoms. The molecule has 4 rings (SSSR count). The third kappa shape index (κ3) is 6.44. The fourth-order valence-electron chi connectivity index (χ4n) is 3.44. The van der Waals surface area contributed by atoms with Crippen LogP contribution in [0.2, 0.25) is 0 Å². The molecule has 0 bridgehead atoms. The van der Waals surface area contributed by atoms with Crippen molar-refractivity contribution in [3.8, 4) is 23.0 Å². The van der Waals surface area contributed by atoms with E-state index in [-0.39, 0.29) is 6.61 Å². The van der Waals surface area contributed by atoms with Gasteiger partial charge in [-0.05, 0) is 61.0 Å². The second-order valence-electron chi connectivity index (χ2n) is 7.67. The lowest BCUT2D eigenvalue weighted by atomic mass is 10.1. The number of aromatic nitrogens is 1. The van der Waals surface area contributed by atoms with Crippen LogP contribution >= 0.6 is 0 Å². The van der Waals surface area contributed by atoms with E-state index < -0.39 is 6.10 Å². The number of hydrogen-bond donors (Lipinski definition) is 2. The first-order valence-electron chi connectivity index (χ1n) is 11.0. The predicted octanol–water partition coefficient (Wildman–Crippen LogP) is 4.61. The molecule has 0 spiro atoms. The van der Waals surface area contributed by atoms with Crippen LogP contribution in [-0.2, 0) is 6.42 Å². The molecule has 4 aromatic rings. The van der Waals surface area contributed by atoms with E-state index >= 15 is 0 Å². The Morgan fingerprint density at radius 3 is 2.48 bits per heavy atom. The Morgan fingerprint density at radius 1 is 0.909 bits per heavy atom. The van der Waals surface area contributed by atoms with Crippen molar-refractivity contribution in [1.82, 2.24) is 10.3 Å². The Morgan fingerprint density at radius 2 is 1.70 bits per heavy atom. The molecule has 1 atom stereocenters. The van der Waals surface area contributed by atoms with Crippen molar-refractivity contribution < 1.29 is 19.3 Å². The van der Waals surface area contributed by atoms with Crippen molar-refractivity contribution in [2.75, 3.05) is 26.8 Å². The largest absolute Gasteiger partial charge is 0.497 e. The molecule has 1 aromatic heterocycles. The molecule has 0 radical (unpaired) electrons. The van der Waals surface area contributed by atoms with Gasteiger partial charge >= 0.3 is 0 Å². The maximum Gasteiger partial charge on any atom is 0.138 e. The molecule has 0 saturated heterocycles. The van der Waals surface area contributed by atoms with Crippen LogP contribution in [0.1, 0.15) is 5.56 Å². The van der Waals surface area contributed by atoms with Crippen molar-refractivity contribution in [3.63, 3.8) is 0 Å². The number of ether oxygens (including phenoxy) is 3. The molecule has 1 heterocycles. The molecule has 0 aliphatic carbocycles. The zero-order valence-electron chi connectivity index (χ0n) is 18.6. The van der Waals surface area contributed by atoms with Gasteiger partial charge in [0.05, 0.1) is 12.6 Å². The summed E-state index contributed by atoms with van der Waals surface area (Å²) in [5, 5.41) is 14.3. The van der Waals surface area contributed by atoms with Gasteiger partial charge in [0.1, 0.15) is 35.7 Å². The Labute approximate surface area is 193 Å². The third-order valence-corrected chi connectivity index (χ3v) is 5.22. The van der Waals surface area contributed by atoms with Crippen LogP contribution in [0, 0.1) is 0 Å². The van der Waals surface area contributed by atoms with Crippen molar-refractivity contribution in [2.45, 2.75) is 12.5 Å². The average molecular weight is 445 g/mol. The zero-order valence-corrected chi connectivity index (χ0v) is 18.6. The number of rotatable bonds is 11. The zero-order chi connectivity index (χ0) is 22.9. The smallest absolute Gasteiger partial charge is 0.138 e. The van der Waals surface area contributed by atoms with E-state index in [0.717, 1.165) is 46.9 Å². The first kappa shape index (κ1) is 22.6. The van der Waals surface area contributed by atoms with Crippen molar-refractivity contribution in [3.05, 3.63) is 90.6 Å². The molecular weight excluding hydrogens is 416 g/mol. The SMILES string of the molecule is COc1ccc2c(Oc3ccc(CCNC[C@H](O)COc4ccccc4)cc3)ccnc2c1. The van der Waals surface area contributed by atoms with E-state index in [1.165, 1.54) is 5.56 Å². The fraction of sp³-hybridized carbons (Fsp3) is 0.222. The molecule has 0 unspecified atom stereocenters. The topological polar surface area (TPSA) is 72.8 Å². The summed E-state index contributed by atoms with van der Waals surface area (Å²) in [6, 6.07) is 25.2. The van der Waals surface area contributed by atoms with Crippen LogP contribution in [0.25, 0.3) is 10.9 Å². The number of aliphatic hydroxyl groups excluding tert-OH is 1. The Hall–Kier alpha value is -3.61. The number of para-hydroxylation sites is 1. The molecule has 6 nitrogen and oxygen atoms in total. The van der Waals surface area contributed by atoms with Crippen LogP contribution in [0.3, 0.4) is 0 Å². The predicted molar refractivity (Wildman–Crippen MR) is 129 cm³/mol. The van der Waals surface area contributed by atoms with Gasteiger partial charge in [0.15, 0.2) is 0 Å². The van der Waals surface area contributed by atoms with E-state index in [4.69, 9.17) is 14.2 Å². The highest BCUT2D eigenvalue weighted by Gasteiger charge is 2.07. The molecule has 2 N–H and O–H groups in total. The van der Waals surface area contributed by atoms with Gasteiger partial charge in [-0.25, -0.2) is 0 Å². The number of pyridine rings is 1. The van der Waals surface area contributed by atoms with Gasteiger partial charge in [0.25, 0.3) is 0 Å². The summed E-state index contributed by atoms with van der Waals surface area (Å²) in [7, 11) is 1.64. The van der Waals surface area contributed by atoms with Crippen molar-refractivity contribution in [2.24, 2.45) is 0 Å². The highest BCUT2D eigenvalue weighted by molar-refractivity contribution is 5.86. The number of benzene rings is 3. The van der Waals surface area contributed by atoms with E-state index in [1.54, 1.807) is 13.3 Å². The van der Waals surface area contributed by atoms with Crippen LogP contribution in [0.5, 0.6) is 23.0 Å². The second kappa shape index (κ2) is 11.3. The summed E-state index contributed by atoms with van der Waals surface area (Å²) in [4.78, 5) is 4.39. The van der Waals surface area contributed by atoms with Gasteiger partial charge in [-0.3, -0.25) is 4.98 Å². The highest BCUT2D eigenvalue weighted by atomic mass is 16.5. The number of fused-ring (bicyclic) bond motifs is 1. The van der Waals surface area contributed by atoms with E-state index in [2.05, 4.69) is 22.4 Å². The summed E-state index contributed by atoms with van der Waals surface area (Å²) in [6.45, 7) is 1.51. The summed E-state index contributed by atoms with van der Waals surface area (Å²) in [5.74, 6) is 3.05. The van der Waals surface area contributed by atoms with Gasteiger partial charge in [-0.2, -0.15) is 0 Å². The molecule has 33 heavy (non-hydrogen) atoms. The number of methoxy groups -OCH3 is 1. The number of nitrogens with zero attached hydrogens (tertiary/aromatic N) is 1. The normalized spacial score (nSPS) is 11.8. The molecule has 0 aliphatic heterocycles. The lowest BCUT2D eigenvalue weighted by Crippen LogP contribution is -2.32. The first-order chi connectivity index (χ1) is 16.2. The quantitative estimate of drug-likeness (QED) is 0.329. The highest BCUT2D eigenvalue weighted by Crippen LogP contribution is 2.30. The molecule has 3 aromatic carbocycles. The minimum atomic E-state index is -0.559. The van der Waals surface area contributed by atoms with Gasteiger partial charge in [0, 0.05) is 24.2 Å². The number of aliphatic hydroxyl groups is 1. The van der Waals surface area contributed by atoms with Crippen LogP contribution < -0.4 is 19.5 Å². The number of nitrogens with one attached hydrogen (secondary N) is 1. The maximum atomic E-state index is 10.1. The van der Waals surface area contributed by atoms with E-state index in [1.807, 2.05) is 66.7 Å². The molecule has 0 saturated carbocycles. The fourth-order valence-corrected chi connectivity index (χ4v) is 3.44. The van der Waals surface area contributed by atoms with Crippen LogP contribution in [-0.4, -0.2) is 43.0 Å². The van der Waals surface area contributed by atoms with Crippen molar-refractivity contribution in [1.29, 1.82) is 0 Å². The minimum Gasteiger partial charge on any atom is -0.497 e. The number of hydrogen-bond acceptors (Lipinski definition) is 6. The minimum absolute atomic E-state index is 0.263. The van der Waals surface area contributed by atoms with Gasteiger partial charge < -0.3 is 24.6 Å². The lowest BCUT2D eigenvalue weighted by Gasteiger charge is -2.13. The Balaban J connectivity index is 1.23. The molecule has 0 aliphatic rings.